The van der Waals surface area contributed by atoms with Crippen molar-refractivity contribution in [2.24, 2.45) is 0 Å². The van der Waals surface area contributed by atoms with E-state index in [1.165, 1.54) is 0 Å². The molecule has 0 aliphatic rings. The summed E-state index contributed by atoms with van der Waals surface area (Å²) >= 11 is 0. The molecule has 5 heteroatoms. The molecule has 0 aliphatic heterocycles. The van der Waals surface area contributed by atoms with Gasteiger partial charge in [-0.15, -0.1) is 0 Å². The molecule has 1 aromatic rings. The summed E-state index contributed by atoms with van der Waals surface area (Å²) in [5, 5.41) is 10.9. The van der Waals surface area contributed by atoms with E-state index in [2.05, 4.69) is 4.98 Å². The second kappa shape index (κ2) is 4.94. The average molecular weight is 234 g/mol. The second-order valence-electron chi connectivity index (χ2n) is 2.89. The van der Waals surface area contributed by atoms with Gasteiger partial charge >= 0.3 is 58.2 Å². The second-order valence-corrected chi connectivity index (χ2v) is 2.89. The fourth-order valence-corrected chi connectivity index (χ4v) is 1.05. The van der Waals surface area contributed by atoms with Gasteiger partial charge in [0.2, 0.25) is 7.98 Å². The first kappa shape index (κ1) is 12.9. The van der Waals surface area contributed by atoms with Crippen LogP contribution in [0.15, 0.2) is 0 Å². The number of rotatable bonds is 1. The summed E-state index contributed by atoms with van der Waals surface area (Å²) in [6.07, 6.45) is 0. The zero-order valence-electron chi connectivity index (χ0n) is 7.96. The van der Waals surface area contributed by atoms with Gasteiger partial charge in [0.25, 0.3) is 0 Å². The van der Waals surface area contributed by atoms with Crippen LogP contribution in [0.3, 0.4) is 0 Å². The van der Waals surface area contributed by atoms with Gasteiger partial charge in [0, 0.05) is 11.7 Å². The Hall–Kier alpha value is 0.880. The van der Waals surface area contributed by atoms with Gasteiger partial charge in [-0.3, -0.25) is 4.98 Å². The SMILES string of the molecule is [B]n1c([O-])nc(C(C)C)c1C.[Rb+]. The molecular weight excluding hydrogens is 224 g/mol. The molecule has 0 bridgehead atoms. The smallest absolute Gasteiger partial charge is 0.847 e. The van der Waals surface area contributed by atoms with Crippen LogP contribution in [-0.4, -0.2) is 17.4 Å². The van der Waals surface area contributed by atoms with Crippen molar-refractivity contribution < 1.29 is 63.3 Å². The van der Waals surface area contributed by atoms with Gasteiger partial charge in [0.05, 0.1) is 5.69 Å². The van der Waals surface area contributed by atoms with Crippen molar-refractivity contribution in [1.29, 1.82) is 0 Å². The normalized spacial score (nSPS) is 10.0. The number of aromatic nitrogens is 2. The van der Waals surface area contributed by atoms with Gasteiger partial charge in [-0.1, -0.05) is 13.8 Å². The van der Waals surface area contributed by atoms with Crippen LogP contribution < -0.4 is 63.3 Å². The minimum absolute atomic E-state index is 0. The van der Waals surface area contributed by atoms with Crippen LogP contribution in [0, 0.1) is 6.92 Å². The summed E-state index contributed by atoms with van der Waals surface area (Å²) in [7, 11) is 5.38. The Balaban J connectivity index is 0.00000121. The predicted octanol–water partition coefficient (Wildman–Crippen LogP) is -2.68. The van der Waals surface area contributed by atoms with E-state index in [1.54, 1.807) is 6.92 Å². The molecule has 1 rings (SSSR count). The summed E-state index contributed by atoms with van der Waals surface area (Å²) < 4.78 is 1.08. The molecule has 0 amide bonds. The molecule has 0 unspecified atom stereocenters. The molecule has 1 aromatic heterocycles. The number of imidazole rings is 1. The molecule has 0 saturated heterocycles. The zero-order valence-corrected chi connectivity index (χ0v) is 12.9. The first-order valence-corrected chi connectivity index (χ1v) is 3.55. The maximum absolute atomic E-state index is 10.9. The number of nitrogens with zero attached hydrogens (tertiary/aromatic N) is 2. The molecule has 3 nitrogen and oxygen atoms in total. The van der Waals surface area contributed by atoms with Crippen LogP contribution in [-0.2, 0) is 0 Å². The van der Waals surface area contributed by atoms with Gasteiger partial charge in [-0.25, -0.2) is 0 Å². The van der Waals surface area contributed by atoms with Crippen molar-refractivity contribution in [1.82, 2.24) is 9.46 Å². The van der Waals surface area contributed by atoms with Gasteiger partial charge in [-0.2, -0.15) is 0 Å². The zero-order chi connectivity index (χ0) is 8.59. The summed E-state index contributed by atoms with van der Waals surface area (Å²) in [6.45, 7) is 5.76. The van der Waals surface area contributed by atoms with E-state index in [0.29, 0.717) is 0 Å². The van der Waals surface area contributed by atoms with Gasteiger partial charge in [-0.05, 0) is 12.8 Å². The Morgan fingerprint density at radius 3 is 2.17 bits per heavy atom. The van der Waals surface area contributed by atoms with Crippen molar-refractivity contribution >= 4 is 7.98 Å². The van der Waals surface area contributed by atoms with Gasteiger partial charge < -0.3 is 9.58 Å². The van der Waals surface area contributed by atoms with Crippen LogP contribution in [0.25, 0.3) is 0 Å². The molecule has 0 N–H and O–H groups in total. The molecule has 0 spiro atoms. The van der Waals surface area contributed by atoms with Crippen molar-refractivity contribution in [3.05, 3.63) is 11.4 Å². The van der Waals surface area contributed by atoms with Crippen molar-refractivity contribution in [2.45, 2.75) is 26.7 Å². The minimum atomic E-state index is -0.369. The summed E-state index contributed by atoms with van der Waals surface area (Å²) in [5.74, 6) is 0.257. The largest absolute Gasteiger partial charge is 1.00 e. The third-order valence-electron chi connectivity index (χ3n) is 1.70. The molecule has 58 valence electrons. The Bertz CT molecular complexity index is 273. The summed E-state index contributed by atoms with van der Waals surface area (Å²) in [4.78, 5) is 3.79. The van der Waals surface area contributed by atoms with Crippen molar-refractivity contribution in [2.75, 3.05) is 0 Å². The van der Waals surface area contributed by atoms with E-state index in [4.69, 9.17) is 7.98 Å². The fourth-order valence-electron chi connectivity index (χ4n) is 1.05. The van der Waals surface area contributed by atoms with E-state index in [1.807, 2.05) is 13.8 Å². The van der Waals surface area contributed by atoms with Gasteiger partial charge in [0.15, 0.2) is 0 Å². The minimum Gasteiger partial charge on any atom is -0.847 e. The summed E-state index contributed by atoms with van der Waals surface area (Å²) in [5.41, 5.74) is 1.54. The van der Waals surface area contributed by atoms with Crippen LogP contribution in [0.5, 0.6) is 6.01 Å². The molecule has 0 aliphatic carbocycles. The van der Waals surface area contributed by atoms with E-state index < -0.39 is 0 Å². The van der Waals surface area contributed by atoms with Crippen molar-refractivity contribution in [3.63, 3.8) is 0 Å². The monoisotopic (exact) mass is 234 g/mol. The molecule has 2 radical (unpaired) electrons. The summed E-state index contributed by atoms with van der Waals surface area (Å²) in [6, 6.07) is -0.369. The van der Waals surface area contributed by atoms with Gasteiger partial charge in [0.1, 0.15) is 0 Å². The number of hydrogen-bond donors (Lipinski definition) is 0. The topological polar surface area (TPSA) is 40.9 Å². The maximum Gasteiger partial charge on any atom is 1.00 e. The van der Waals surface area contributed by atoms with E-state index in [-0.39, 0.29) is 70.1 Å². The van der Waals surface area contributed by atoms with Crippen molar-refractivity contribution in [3.8, 4) is 6.01 Å². The molecule has 0 saturated carbocycles. The standard InChI is InChI=1S/C7H11BN2O.Rb/c1-4(2)6-5(3)10(8)7(11)9-6;/h4H,1-3H3,(H,9,11);/q;+1/p-1. The molecule has 1 heterocycles. The molecule has 0 aromatic carbocycles. The van der Waals surface area contributed by atoms with E-state index in [9.17, 15) is 5.11 Å². The number of hydrogen-bond acceptors (Lipinski definition) is 2. The predicted molar refractivity (Wildman–Crippen MR) is 41.7 cm³/mol. The first-order chi connectivity index (χ1) is 5.04. The van der Waals surface area contributed by atoms with Crippen LogP contribution in [0.2, 0.25) is 0 Å². The fraction of sp³-hybridized carbons (Fsp3) is 0.571. The van der Waals surface area contributed by atoms with Crippen LogP contribution in [0.4, 0.5) is 0 Å². The van der Waals surface area contributed by atoms with E-state index >= 15 is 0 Å². The molecule has 12 heavy (non-hydrogen) atoms. The average Bonchev–Trinajstić information content (AvgIpc) is 2.17. The Morgan fingerprint density at radius 1 is 1.50 bits per heavy atom. The van der Waals surface area contributed by atoms with Crippen LogP contribution >= 0.6 is 0 Å². The Labute approximate surface area is 123 Å². The Morgan fingerprint density at radius 2 is 2.00 bits per heavy atom. The maximum atomic E-state index is 10.9. The first-order valence-electron chi connectivity index (χ1n) is 3.55. The van der Waals surface area contributed by atoms with Crippen LogP contribution in [0.1, 0.15) is 31.2 Å². The molecular formula is C7H10BN2ORb. The molecule has 0 fully saturated rings. The molecule has 0 atom stereocenters. The van der Waals surface area contributed by atoms with E-state index in [0.717, 1.165) is 15.9 Å². The quantitative estimate of drug-likeness (QED) is 0.497. The Kier molecular flexibility index (Phi) is 5.30. The third kappa shape index (κ3) is 2.44. The third-order valence-corrected chi connectivity index (χ3v) is 1.70.